The van der Waals surface area contributed by atoms with Gasteiger partial charge in [0.1, 0.15) is 12.6 Å². The van der Waals surface area contributed by atoms with Crippen LogP contribution in [0, 0.1) is 11.3 Å². The molecular weight excluding hydrogens is 434 g/mol. The highest BCUT2D eigenvalue weighted by Crippen LogP contribution is 2.44. The topological polar surface area (TPSA) is 120 Å². The van der Waals surface area contributed by atoms with Crippen molar-refractivity contribution in [3.63, 3.8) is 0 Å². The number of unbranched alkanes of at least 4 members (excludes halogenated alkanes) is 1. The molecule has 0 aliphatic heterocycles. The number of rotatable bonds is 11. The quantitative estimate of drug-likeness (QED) is 0.488. The molecular formula is C26H29N3O5. The zero-order valence-electron chi connectivity index (χ0n) is 19.2. The minimum absolute atomic E-state index is 0.0451. The lowest BCUT2D eigenvalue weighted by Gasteiger charge is -2.24. The number of nitriles is 1. The van der Waals surface area contributed by atoms with Crippen LogP contribution in [-0.2, 0) is 14.3 Å². The first-order valence-electron chi connectivity index (χ1n) is 11.4. The van der Waals surface area contributed by atoms with Crippen LogP contribution in [0.2, 0.25) is 0 Å². The summed E-state index contributed by atoms with van der Waals surface area (Å²) in [5.74, 6) is -1.36. The predicted molar refractivity (Wildman–Crippen MR) is 126 cm³/mol. The molecule has 1 unspecified atom stereocenters. The Hall–Kier alpha value is -3.86. The van der Waals surface area contributed by atoms with E-state index in [-0.39, 0.29) is 37.8 Å². The van der Waals surface area contributed by atoms with Gasteiger partial charge in [0.15, 0.2) is 0 Å². The van der Waals surface area contributed by atoms with Crippen LogP contribution in [0.3, 0.4) is 0 Å². The van der Waals surface area contributed by atoms with Gasteiger partial charge in [0.25, 0.3) is 0 Å². The van der Waals surface area contributed by atoms with Crippen molar-refractivity contribution in [3.8, 4) is 17.2 Å². The summed E-state index contributed by atoms with van der Waals surface area (Å²) in [5, 5.41) is 20.3. The highest BCUT2D eigenvalue weighted by molar-refractivity contribution is 5.85. The molecule has 0 saturated carbocycles. The molecule has 1 aliphatic rings. The Bertz CT molecular complexity index is 1030. The Balaban J connectivity index is 1.62. The van der Waals surface area contributed by atoms with E-state index in [0.717, 1.165) is 22.3 Å². The van der Waals surface area contributed by atoms with Crippen molar-refractivity contribution in [2.45, 2.75) is 44.1 Å². The fourth-order valence-corrected chi connectivity index (χ4v) is 4.27. The molecule has 0 saturated heterocycles. The minimum atomic E-state index is -0.928. The molecule has 34 heavy (non-hydrogen) atoms. The van der Waals surface area contributed by atoms with Gasteiger partial charge in [-0.15, -0.1) is 0 Å². The minimum Gasteiger partial charge on any atom is -0.481 e. The highest BCUT2D eigenvalue weighted by atomic mass is 16.5. The third kappa shape index (κ3) is 6.13. The van der Waals surface area contributed by atoms with Crippen molar-refractivity contribution >= 4 is 18.0 Å². The van der Waals surface area contributed by atoms with E-state index in [1.54, 1.807) is 7.05 Å². The molecule has 2 amide bonds. The van der Waals surface area contributed by atoms with Crippen LogP contribution in [0.25, 0.3) is 11.1 Å². The molecule has 0 fully saturated rings. The monoisotopic (exact) mass is 463 g/mol. The third-order valence-electron chi connectivity index (χ3n) is 5.98. The predicted octanol–water partition coefficient (Wildman–Crippen LogP) is 3.91. The molecule has 3 rings (SSSR count). The number of amides is 2. The average molecular weight is 464 g/mol. The van der Waals surface area contributed by atoms with E-state index >= 15 is 0 Å². The second-order valence-electron chi connectivity index (χ2n) is 8.33. The van der Waals surface area contributed by atoms with Gasteiger partial charge in [-0.05, 0) is 41.5 Å². The van der Waals surface area contributed by atoms with Crippen molar-refractivity contribution < 1.29 is 24.2 Å². The van der Waals surface area contributed by atoms with Crippen LogP contribution in [0.4, 0.5) is 4.79 Å². The van der Waals surface area contributed by atoms with Gasteiger partial charge in [-0.2, -0.15) is 5.26 Å². The molecule has 0 heterocycles. The smallest absolute Gasteiger partial charge is 0.407 e. The number of hydrogen-bond acceptors (Lipinski definition) is 5. The Morgan fingerprint density at radius 1 is 1.09 bits per heavy atom. The summed E-state index contributed by atoms with van der Waals surface area (Å²) in [6.07, 6.45) is 0.568. The van der Waals surface area contributed by atoms with Crippen molar-refractivity contribution in [1.82, 2.24) is 10.2 Å². The molecule has 0 spiro atoms. The Morgan fingerprint density at radius 3 is 2.29 bits per heavy atom. The van der Waals surface area contributed by atoms with Gasteiger partial charge in [0, 0.05) is 32.4 Å². The number of fused-ring (bicyclic) bond motifs is 3. The van der Waals surface area contributed by atoms with Crippen LogP contribution in [0.5, 0.6) is 0 Å². The van der Waals surface area contributed by atoms with Crippen LogP contribution in [-0.4, -0.2) is 54.2 Å². The van der Waals surface area contributed by atoms with Gasteiger partial charge in [0.05, 0.1) is 6.07 Å². The summed E-state index contributed by atoms with van der Waals surface area (Å²) >= 11 is 0. The Labute approximate surface area is 199 Å². The van der Waals surface area contributed by atoms with Crippen LogP contribution in [0.15, 0.2) is 48.5 Å². The number of nitrogens with one attached hydrogen (secondary N) is 1. The first-order chi connectivity index (χ1) is 16.4. The lowest BCUT2D eigenvalue weighted by Crippen LogP contribution is -2.48. The van der Waals surface area contributed by atoms with Gasteiger partial charge in [-0.3, -0.25) is 9.59 Å². The second kappa shape index (κ2) is 11.8. The Morgan fingerprint density at radius 2 is 1.71 bits per heavy atom. The maximum Gasteiger partial charge on any atom is 0.407 e. The molecule has 1 aliphatic carbocycles. The van der Waals surface area contributed by atoms with Gasteiger partial charge < -0.3 is 20.1 Å². The zero-order valence-corrected chi connectivity index (χ0v) is 19.2. The maximum atomic E-state index is 12.9. The number of aliphatic carboxylic acids is 1. The summed E-state index contributed by atoms with van der Waals surface area (Å²) in [5.41, 5.74) is 4.44. The molecule has 2 N–H and O–H groups in total. The number of carboxylic acid groups (broad SMARTS) is 1. The van der Waals surface area contributed by atoms with Gasteiger partial charge in [-0.1, -0.05) is 48.5 Å². The SMILES string of the molecule is CN(CCCC(=O)O)C(=O)C(CCCC#N)NC(=O)OCC1c2ccccc2-c2ccccc21. The summed E-state index contributed by atoms with van der Waals surface area (Å²) in [7, 11) is 1.57. The number of nitrogens with zero attached hydrogens (tertiary/aromatic N) is 2. The number of hydrogen-bond donors (Lipinski definition) is 2. The lowest BCUT2D eigenvalue weighted by atomic mass is 9.98. The molecule has 2 aromatic rings. The number of carbonyl (C=O) groups is 3. The number of likely N-dealkylation sites (N-methyl/N-ethyl adjacent to an activating group) is 1. The van der Waals surface area contributed by atoms with Crippen molar-refractivity contribution in [1.29, 1.82) is 5.26 Å². The van der Waals surface area contributed by atoms with E-state index in [4.69, 9.17) is 15.1 Å². The summed E-state index contributed by atoms with van der Waals surface area (Å²) < 4.78 is 5.56. The van der Waals surface area contributed by atoms with E-state index in [2.05, 4.69) is 17.4 Å². The van der Waals surface area contributed by atoms with Gasteiger partial charge in [-0.25, -0.2) is 4.79 Å². The van der Waals surface area contributed by atoms with Crippen molar-refractivity contribution in [3.05, 3.63) is 59.7 Å². The van der Waals surface area contributed by atoms with E-state index < -0.39 is 18.1 Å². The summed E-state index contributed by atoms with van der Waals surface area (Å²) in [6.45, 7) is 0.389. The molecule has 0 bridgehead atoms. The number of ether oxygens (including phenoxy) is 1. The van der Waals surface area contributed by atoms with Crippen LogP contribution < -0.4 is 5.32 Å². The van der Waals surface area contributed by atoms with Crippen molar-refractivity contribution in [2.75, 3.05) is 20.2 Å². The van der Waals surface area contributed by atoms with Crippen LogP contribution >= 0.6 is 0 Å². The van der Waals surface area contributed by atoms with Crippen molar-refractivity contribution in [2.24, 2.45) is 0 Å². The third-order valence-corrected chi connectivity index (χ3v) is 5.98. The highest BCUT2D eigenvalue weighted by Gasteiger charge is 2.30. The lowest BCUT2D eigenvalue weighted by molar-refractivity contribution is -0.138. The molecule has 1 atom stereocenters. The normalized spacial score (nSPS) is 12.7. The van der Waals surface area contributed by atoms with E-state index in [1.165, 1.54) is 4.90 Å². The molecule has 0 aromatic heterocycles. The van der Waals surface area contributed by atoms with E-state index in [9.17, 15) is 14.4 Å². The second-order valence-corrected chi connectivity index (χ2v) is 8.33. The zero-order chi connectivity index (χ0) is 24.5. The molecule has 2 aromatic carbocycles. The van der Waals surface area contributed by atoms with E-state index in [1.807, 2.05) is 42.5 Å². The number of benzene rings is 2. The molecule has 0 radical (unpaired) electrons. The van der Waals surface area contributed by atoms with E-state index in [0.29, 0.717) is 19.3 Å². The summed E-state index contributed by atoms with van der Waals surface area (Å²) in [6, 6.07) is 17.2. The van der Waals surface area contributed by atoms with Gasteiger partial charge >= 0.3 is 12.1 Å². The fourth-order valence-electron chi connectivity index (χ4n) is 4.27. The first kappa shape index (κ1) is 24.8. The van der Waals surface area contributed by atoms with Gasteiger partial charge in [0.2, 0.25) is 5.91 Å². The largest absolute Gasteiger partial charge is 0.481 e. The number of carboxylic acids is 1. The number of alkyl carbamates (subject to hydrolysis) is 1. The average Bonchev–Trinajstić information content (AvgIpc) is 3.15. The molecule has 8 heteroatoms. The number of carbonyl (C=O) groups excluding carboxylic acids is 2. The molecule has 178 valence electrons. The summed E-state index contributed by atoms with van der Waals surface area (Å²) in [4.78, 5) is 37.7. The molecule has 8 nitrogen and oxygen atoms in total. The maximum absolute atomic E-state index is 12.9. The first-order valence-corrected chi connectivity index (χ1v) is 11.4. The Kier molecular flexibility index (Phi) is 8.63. The fraction of sp³-hybridized carbons (Fsp3) is 0.385. The standard InChI is InChI=1S/C26H29N3O5/c1-29(16-8-14-24(30)31)25(32)23(13-6-7-15-27)28-26(33)34-17-22-20-11-4-2-9-18(20)19-10-3-5-12-21(19)22/h2-5,9-12,22-23H,6-8,13-14,16-17H2,1H3,(H,28,33)(H,30,31). The van der Waals surface area contributed by atoms with Crippen LogP contribution in [0.1, 0.15) is 49.1 Å².